The van der Waals surface area contributed by atoms with Crippen molar-refractivity contribution in [3.63, 3.8) is 0 Å². The van der Waals surface area contributed by atoms with Gasteiger partial charge in [-0.2, -0.15) is 0 Å². The van der Waals surface area contributed by atoms with Gasteiger partial charge in [-0.15, -0.1) is 0 Å². The highest BCUT2D eigenvalue weighted by molar-refractivity contribution is 5.89. The molecule has 0 radical (unpaired) electrons. The normalized spacial score (nSPS) is 18.9. The van der Waals surface area contributed by atoms with Gasteiger partial charge in [-0.05, 0) is 55.0 Å². The Bertz CT molecular complexity index is 520. The summed E-state index contributed by atoms with van der Waals surface area (Å²) in [7, 11) is 0. The number of halogens is 1. The molecule has 1 fully saturated rings. The zero-order chi connectivity index (χ0) is 15.6. The molecule has 1 heterocycles. The molecule has 116 valence electrons. The highest BCUT2D eigenvalue weighted by atomic mass is 19.1. The number of carboxylic acid groups (broad SMARTS) is 1. The zero-order valence-corrected chi connectivity index (χ0v) is 13.0. The van der Waals surface area contributed by atoms with Crippen LogP contribution in [0.3, 0.4) is 0 Å². The van der Waals surface area contributed by atoms with E-state index in [0.717, 1.165) is 32.0 Å². The van der Waals surface area contributed by atoms with Crippen LogP contribution in [0.1, 0.15) is 49.5 Å². The number of hydrogen-bond acceptors (Lipinski definition) is 2. The van der Waals surface area contributed by atoms with Gasteiger partial charge in [-0.25, -0.2) is 9.18 Å². The number of hydrogen-bond donors (Lipinski definition) is 1. The van der Waals surface area contributed by atoms with Crippen LogP contribution in [0.4, 0.5) is 4.39 Å². The summed E-state index contributed by atoms with van der Waals surface area (Å²) in [5.41, 5.74) is 1.14. The number of piperidine rings is 1. The van der Waals surface area contributed by atoms with Crippen LogP contribution in [0.2, 0.25) is 0 Å². The molecule has 0 bridgehead atoms. The molecule has 21 heavy (non-hydrogen) atoms. The molecule has 1 aliphatic rings. The van der Waals surface area contributed by atoms with Gasteiger partial charge in [0.15, 0.2) is 0 Å². The summed E-state index contributed by atoms with van der Waals surface area (Å²) >= 11 is 0. The zero-order valence-electron chi connectivity index (χ0n) is 13.0. The molecule has 0 aromatic heterocycles. The second-order valence-electron chi connectivity index (χ2n) is 6.69. The first kappa shape index (κ1) is 16.0. The lowest BCUT2D eigenvalue weighted by Crippen LogP contribution is -2.40. The number of rotatable bonds is 4. The predicted octanol–water partition coefficient (Wildman–Crippen LogP) is 3.78. The van der Waals surface area contributed by atoms with E-state index in [4.69, 9.17) is 0 Å². The van der Waals surface area contributed by atoms with Crippen molar-refractivity contribution >= 4 is 5.97 Å². The Labute approximate surface area is 125 Å². The third-order valence-electron chi connectivity index (χ3n) is 5.09. The number of nitrogens with zero attached hydrogens (tertiary/aromatic N) is 1. The lowest BCUT2D eigenvalue weighted by molar-refractivity contribution is 0.0675. The molecular weight excluding hydrogens is 269 g/mol. The van der Waals surface area contributed by atoms with Gasteiger partial charge in [0.05, 0.1) is 5.56 Å². The van der Waals surface area contributed by atoms with Crippen LogP contribution < -0.4 is 0 Å². The number of likely N-dealkylation sites (tertiary alicyclic amines) is 1. The van der Waals surface area contributed by atoms with Crippen LogP contribution in [0.25, 0.3) is 0 Å². The van der Waals surface area contributed by atoms with Crippen LogP contribution in [-0.2, 0) is 6.54 Å². The van der Waals surface area contributed by atoms with E-state index in [0.29, 0.717) is 23.4 Å². The fourth-order valence-corrected chi connectivity index (χ4v) is 2.93. The van der Waals surface area contributed by atoms with Crippen LogP contribution in [-0.4, -0.2) is 29.1 Å². The largest absolute Gasteiger partial charge is 0.478 e. The number of benzene rings is 1. The second kappa shape index (κ2) is 6.14. The Hall–Kier alpha value is -1.42. The molecule has 1 aromatic carbocycles. The summed E-state index contributed by atoms with van der Waals surface area (Å²) in [5, 5.41) is 9.19. The second-order valence-corrected chi connectivity index (χ2v) is 6.69. The quantitative estimate of drug-likeness (QED) is 0.918. The number of aromatic carboxylic acids is 1. The van der Waals surface area contributed by atoms with Gasteiger partial charge < -0.3 is 5.11 Å². The van der Waals surface area contributed by atoms with Gasteiger partial charge in [0.25, 0.3) is 0 Å². The van der Waals surface area contributed by atoms with Crippen LogP contribution >= 0.6 is 0 Å². The van der Waals surface area contributed by atoms with Crippen molar-refractivity contribution in [3.8, 4) is 0 Å². The molecule has 2 rings (SSSR count). The lowest BCUT2D eigenvalue weighted by atomic mass is 9.72. The Kier molecular flexibility index (Phi) is 4.67. The molecule has 1 aliphatic heterocycles. The molecule has 3 nitrogen and oxygen atoms in total. The van der Waals surface area contributed by atoms with Gasteiger partial charge in [0.1, 0.15) is 5.82 Å². The summed E-state index contributed by atoms with van der Waals surface area (Å²) in [4.78, 5) is 13.5. The summed E-state index contributed by atoms with van der Waals surface area (Å²) in [6, 6.07) is 4.04. The van der Waals surface area contributed by atoms with E-state index < -0.39 is 11.8 Å². The van der Waals surface area contributed by atoms with Crippen molar-refractivity contribution in [3.05, 3.63) is 35.1 Å². The van der Waals surface area contributed by atoms with E-state index in [1.165, 1.54) is 6.07 Å². The maximum absolute atomic E-state index is 13.2. The third kappa shape index (κ3) is 3.62. The molecule has 0 saturated carbocycles. The van der Waals surface area contributed by atoms with E-state index in [1.807, 2.05) is 0 Å². The number of carboxylic acids is 1. The van der Waals surface area contributed by atoms with Crippen LogP contribution in [0.15, 0.2) is 18.2 Å². The van der Waals surface area contributed by atoms with E-state index in [-0.39, 0.29) is 5.56 Å². The molecule has 4 heteroatoms. The molecule has 0 amide bonds. The SMILES string of the molecule is CC(C)C1(C)CCN(Cc2ccc(F)cc2C(=O)O)CC1. The molecule has 0 aliphatic carbocycles. The predicted molar refractivity (Wildman–Crippen MR) is 80.8 cm³/mol. The highest BCUT2D eigenvalue weighted by Gasteiger charge is 2.32. The van der Waals surface area contributed by atoms with Gasteiger partial charge in [-0.1, -0.05) is 26.8 Å². The minimum atomic E-state index is -1.06. The Morgan fingerprint density at radius 1 is 1.38 bits per heavy atom. The average molecular weight is 293 g/mol. The first-order chi connectivity index (χ1) is 9.82. The molecule has 1 aromatic rings. The van der Waals surface area contributed by atoms with E-state index in [2.05, 4.69) is 25.7 Å². The first-order valence-electron chi connectivity index (χ1n) is 7.56. The van der Waals surface area contributed by atoms with Crippen molar-refractivity contribution < 1.29 is 14.3 Å². The molecule has 0 unspecified atom stereocenters. The van der Waals surface area contributed by atoms with Gasteiger partial charge in [0.2, 0.25) is 0 Å². The summed E-state index contributed by atoms with van der Waals surface area (Å²) in [6.45, 7) is 9.36. The molecule has 0 atom stereocenters. The Morgan fingerprint density at radius 2 is 2.00 bits per heavy atom. The van der Waals surface area contributed by atoms with Crippen LogP contribution in [0.5, 0.6) is 0 Å². The average Bonchev–Trinajstić information content (AvgIpc) is 2.43. The van der Waals surface area contributed by atoms with E-state index in [1.54, 1.807) is 6.07 Å². The molecule has 0 spiro atoms. The summed E-state index contributed by atoms with van der Waals surface area (Å²) in [6.07, 6.45) is 2.24. The van der Waals surface area contributed by atoms with Gasteiger partial charge >= 0.3 is 5.97 Å². The first-order valence-corrected chi connectivity index (χ1v) is 7.56. The highest BCUT2D eigenvalue weighted by Crippen LogP contribution is 2.38. The third-order valence-corrected chi connectivity index (χ3v) is 5.09. The minimum Gasteiger partial charge on any atom is -0.478 e. The minimum absolute atomic E-state index is 0.0761. The summed E-state index contributed by atoms with van der Waals surface area (Å²) in [5.74, 6) is -0.907. The standard InChI is InChI=1S/C17H24FNO2/c1-12(2)17(3)6-8-19(9-7-17)11-13-4-5-14(18)10-15(13)16(20)21/h4-5,10,12H,6-9,11H2,1-3H3,(H,20,21). The van der Waals surface area contributed by atoms with Crippen LogP contribution in [0, 0.1) is 17.2 Å². The molecule has 1 N–H and O–H groups in total. The van der Waals surface area contributed by atoms with Crippen molar-refractivity contribution in [2.24, 2.45) is 11.3 Å². The smallest absolute Gasteiger partial charge is 0.336 e. The van der Waals surface area contributed by atoms with Gasteiger partial charge in [0, 0.05) is 6.54 Å². The Balaban J connectivity index is 2.06. The van der Waals surface area contributed by atoms with E-state index >= 15 is 0 Å². The fraction of sp³-hybridized carbons (Fsp3) is 0.588. The fourth-order valence-electron chi connectivity index (χ4n) is 2.93. The molecule has 1 saturated heterocycles. The Morgan fingerprint density at radius 3 is 2.52 bits per heavy atom. The maximum atomic E-state index is 13.2. The van der Waals surface area contributed by atoms with Crippen molar-refractivity contribution in [1.29, 1.82) is 0 Å². The lowest BCUT2D eigenvalue weighted by Gasteiger charge is -2.42. The monoisotopic (exact) mass is 293 g/mol. The van der Waals surface area contributed by atoms with E-state index in [9.17, 15) is 14.3 Å². The molecular formula is C17H24FNO2. The topological polar surface area (TPSA) is 40.5 Å². The van der Waals surface area contributed by atoms with Gasteiger partial charge in [-0.3, -0.25) is 4.90 Å². The summed E-state index contributed by atoms with van der Waals surface area (Å²) < 4.78 is 13.2. The van der Waals surface area contributed by atoms with Crippen molar-refractivity contribution in [2.45, 2.75) is 40.2 Å². The van der Waals surface area contributed by atoms with Crippen molar-refractivity contribution in [2.75, 3.05) is 13.1 Å². The maximum Gasteiger partial charge on any atom is 0.336 e. The van der Waals surface area contributed by atoms with Crippen molar-refractivity contribution in [1.82, 2.24) is 4.90 Å². The number of carbonyl (C=O) groups is 1.